The van der Waals surface area contributed by atoms with Crippen molar-refractivity contribution in [3.8, 4) is 0 Å². The molecule has 1 heterocycles. The Hall–Kier alpha value is -2.62. The zero-order valence-corrected chi connectivity index (χ0v) is 13.5. The summed E-state index contributed by atoms with van der Waals surface area (Å²) >= 11 is 0. The second kappa shape index (κ2) is 5.78. The molecule has 0 radical (unpaired) electrons. The Morgan fingerprint density at radius 2 is 2.00 bits per heavy atom. The van der Waals surface area contributed by atoms with Crippen LogP contribution >= 0.6 is 0 Å². The highest BCUT2D eigenvalue weighted by atomic mass is 19.1. The minimum atomic E-state index is -0.305. The molecule has 0 spiro atoms. The largest absolute Gasteiger partial charge is 0.464 e. The van der Waals surface area contributed by atoms with E-state index in [-0.39, 0.29) is 18.1 Å². The number of aryl methyl sites for hydroxylation is 3. The average molecular weight is 323 g/mol. The molecular formula is C20H18FNO2. The van der Waals surface area contributed by atoms with E-state index in [1.807, 2.05) is 0 Å². The van der Waals surface area contributed by atoms with E-state index in [0.29, 0.717) is 11.3 Å². The third-order valence-electron chi connectivity index (χ3n) is 4.68. The standard InChI is InChI=1S/C20H18FNO2/c1-12-7-16(21)5-6-18(12)22-20(23)10-15-11-24-19-9-14-4-2-3-13(14)8-17(15)19/h5-9,11H,2-4,10H2,1H3,(H,22,23). The number of hydrogen-bond donors (Lipinski definition) is 1. The molecule has 0 atom stereocenters. The number of furan rings is 1. The lowest BCUT2D eigenvalue weighted by atomic mass is 10.0. The van der Waals surface area contributed by atoms with Crippen LogP contribution in [0.4, 0.5) is 10.1 Å². The van der Waals surface area contributed by atoms with Gasteiger partial charge in [-0.25, -0.2) is 4.39 Å². The zero-order chi connectivity index (χ0) is 16.7. The first kappa shape index (κ1) is 14.9. The van der Waals surface area contributed by atoms with Crippen molar-refractivity contribution in [1.82, 2.24) is 0 Å². The molecule has 0 unspecified atom stereocenters. The first-order valence-electron chi connectivity index (χ1n) is 8.18. The molecule has 0 aliphatic heterocycles. The molecule has 2 aromatic carbocycles. The second-order valence-corrected chi connectivity index (χ2v) is 6.42. The Kier molecular flexibility index (Phi) is 3.60. The van der Waals surface area contributed by atoms with Gasteiger partial charge in [-0.1, -0.05) is 0 Å². The summed E-state index contributed by atoms with van der Waals surface area (Å²) in [6.45, 7) is 1.77. The molecule has 4 heteroatoms. The van der Waals surface area contributed by atoms with Gasteiger partial charge in [-0.15, -0.1) is 0 Å². The predicted molar refractivity (Wildman–Crippen MR) is 91.7 cm³/mol. The summed E-state index contributed by atoms with van der Waals surface area (Å²) in [6, 6.07) is 8.60. The summed E-state index contributed by atoms with van der Waals surface area (Å²) in [6.07, 6.45) is 5.28. The molecule has 122 valence electrons. The van der Waals surface area contributed by atoms with Crippen LogP contribution in [0.1, 0.15) is 28.7 Å². The van der Waals surface area contributed by atoms with Crippen molar-refractivity contribution >= 4 is 22.6 Å². The van der Waals surface area contributed by atoms with Crippen LogP contribution in [0.2, 0.25) is 0 Å². The van der Waals surface area contributed by atoms with E-state index in [4.69, 9.17) is 4.42 Å². The number of halogens is 1. The van der Waals surface area contributed by atoms with Crippen molar-refractivity contribution < 1.29 is 13.6 Å². The van der Waals surface area contributed by atoms with E-state index in [9.17, 15) is 9.18 Å². The molecule has 3 nitrogen and oxygen atoms in total. The Morgan fingerprint density at radius 1 is 1.21 bits per heavy atom. The van der Waals surface area contributed by atoms with E-state index in [1.54, 1.807) is 19.3 Å². The van der Waals surface area contributed by atoms with E-state index < -0.39 is 0 Å². The number of amides is 1. The SMILES string of the molecule is Cc1cc(F)ccc1NC(=O)Cc1coc2cc3c(cc12)CCC3. The summed E-state index contributed by atoms with van der Waals surface area (Å²) in [4.78, 5) is 12.3. The van der Waals surface area contributed by atoms with Gasteiger partial charge in [-0.3, -0.25) is 4.79 Å². The highest BCUT2D eigenvalue weighted by Crippen LogP contribution is 2.30. The van der Waals surface area contributed by atoms with Gasteiger partial charge in [0, 0.05) is 16.6 Å². The fourth-order valence-corrected chi connectivity index (χ4v) is 3.42. The van der Waals surface area contributed by atoms with Crippen LogP contribution in [0, 0.1) is 12.7 Å². The average Bonchev–Trinajstić information content (AvgIpc) is 3.15. The lowest BCUT2D eigenvalue weighted by Gasteiger charge is -2.08. The first-order chi connectivity index (χ1) is 11.6. The maximum atomic E-state index is 13.1. The van der Waals surface area contributed by atoms with Crippen LogP contribution in [-0.2, 0) is 24.1 Å². The quantitative estimate of drug-likeness (QED) is 0.768. The molecule has 24 heavy (non-hydrogen) atoms. The molecule has 1 N–H and O–H groups in total. The Morgan fingerprint density at radius 3 is 2.79 bits per heavy atom. The molecule has 1 aliphatic carbocycles. The molecule has 4 rings (SSSR count). The molecule has 0 bridgehead atoms. The van der Waals surface area contributed by atoms with Crippen LogP contribution in [0.5, 0.6) is 0 Å². The fourth-order valence-electron chi connectivity index (χ4n) is 3.42. The molecule has 1 aliphatic rings. The summed E-state index contributed by atoms with van der Waals surface area (Å²) in [5.41, 5.74) is 5.79. The third kappa shape index (κ3) is 2.68. The lowest BCUT2D eigenvalue weighted by Crippen LogP contribution is -2.15. The van der Waals surface area contributed by atoms with Gasteiger partial charge in [0.25, 0.3) is 0 Å². The number of fused-ring (bicyclic) bond motifs is 2. The summed E-state index contributed by atoms with van der Waals surface area (Å²) in [7, 11) is 0. The molecule has 1 aromatic heterocycles. The second-order valence-electron chi connectivity index (χ2n) is 6.42. The van der Waals surface area contributed by atoms with E-state index in [0.717, 1.165) is 29.4 Å². The number of nitrogens with one attached hydrogen (secondary N) is 1. The van der Waals surface area contributed by atoms with Crippen LogP contribution in [0.15, 0.2) is 41.0 Å². The highest BCUT2D eigenvalue weighted by molar-refractivity contribution is 5.96. The molecular weight excluding hydrogens is 305 g/mol. The van der Waals surface area contributed by atoms with Crippen molar-refractivity contribution in [2.75, 3.05) is 5.32 Å². The van der Waals surface area contributed by atoms with Crippen LogP contribution < -0.4 is 5.32 Å². The van der Waals surface area contributed by atoms with E-state index in [1.165, 1.54) is 29.7 Å². The van der Waals surface area contributed by atoms with Crippen molar-refractivity contribution in [3.05, 3.63) is 64.7 Å². The van der Waals surface area contributed by atoms with Gasteiger partial charge in [-0.2, -0.15) is 0 Å². The number of anilines is 1. The van der Waals surface area contributed by atoms with Gasteiger partial charge in [0.2, 0.25) is 5.91 Å². The summed E-state index contributed by atoms with van der Waals surface area (Å²) in [5, 5.41) is 3.86. The number of carbonyl (C=O) groups is 1. The topological polar surface area (TPSA) is 42.2 Å². The maximum Gasteiger partial charge on any atom is 0.228 e. The van der Waals surface area contributed by atoms with Crippen LogP contribution in [0.3, 0.4) is 0 Å². The minimum Gasteiger partial charge on any atom is -0.464 e. The van der Waals surface area contributed by atoms with Gasteiger partial charge >= 0.3 is 0 Å². The number of benzene rings is 2. The smallest absolute Gasteiger partial charge is 0.228 e. The van der Waals surface area contributed by atoms with Crippen molar-refractivity contribution in [1.29, 1.82) is 0 Å². The van der Waals surface area contributed by atoms with Gasteiger partial charge < -0.3 is 9.73 Å². The van der Waals surface area contributed by atoms with Crippen molar-refractivity contribution in [3.63, 3.8) is 0 Å². The lowest BCUT2D eigenvalue weighted by molar-refractivity contribution is -0.115. The van der Waals surface area contributed by atoms with Gasteiger partial charge in [-0.05, 0) is 73.2 Å². The van der Waals surface area contributed by atoms with Gasteiger partial charge in [0.1, 0.15) is 11.4 Å². The Labute approximate surface area is 139 Å². The summed E-state index contributed by atoms with van der Waals surface area (Å²) in [5.74, 6) is -0.437. The normalized spacial score (nSPS) is 13.2. The van der Waals surface area contributed by atoms with Crippen LogP contribution in [0.25, 0.3) is 11.0 Å². The molecule has 3 aromatic rings. The van der Waals surface area contributed by atoms with E-state index in [2.05, 4.69) is 17.4 Å². The predicted octanol–water partition coefficient (Wildman–Crippen LogP) is 4.55. The van der Waals surface area contributed by atoms with E-state index >= 15 is 0 Å². The Bertz CT molecular complexity index is 942. The molecule has 0 saturated carbocycles. The monoisotopic (exact) mass is 323 g/mol. The molecule has 1 amide bonds. The maximum absolute atomic E-state index is 13.1. The molecule has 0 saturated heterocycles. The minimum absolute atomic E-state index is 0.132. The van der Waals surface area contributed by atoms with Crippen LogP contribution in [-0.4, -0.2) is 5.91 Å². The number of rotatable bonds is 3. The number of carbonyl (C=O) groups excluding carboxylic acids is 1. The summed E-state index contributed by atoms with van der Waals surface area (Å²) < 4.78 is 18.8. The van der Waals surface area contributed by atoms with Gasteiger partial charge in [0.05, 0.1) is 12.7 Å². The number of hydrogen-bond acceptors (Lipinski definition) is 2. The van der Waals surface area contributed by atoms with Crippen molar-refractivity contribution in [2.24, 2.45) is 0 Å². The van der Waals surface area contributed by atoms with Gasteiger partial charge in [0.15, 0.2) is 0 Å². The fraction of sp³-hybridized carbons (Fsp3) is 0.250. The molecule has 0 fully saturated rings. The first-order valence-corrected chi connectivity index (χ1v) is 8.18. The third-order valence-corrected chi connectivity index (χ3v) is 4.68. The van der Waals surface area contributed by atoms with Crippen molar-refractivity contribution in [2.45, 2.75) is 32.6 Å². The zero-order valence-electron chi connectivity index (χ0n) is 13.5. The highest BCUT2D eigenvalue weighted by Gasteiger charge is 2.17. The Balaban J connectivity index is 1.56.